The van der Waals surface area contributed by atoms with Gasteiger partial charge in [0.2, 0.25) is 0 Å². The minimum atomic E-state index is -4.64. The molecule has 0 aromatic rings. The zero-order chi connectivity index (χ0) is 9.65. The van der Waals surface area contributed by atoms with Gasteiger partial charge in [0, 0.05) is 0 Å². The van der Waals surface area contributed by atoms with E-state index in [-0.39, 0.29) is 0 Å². The summed E-state index contributed by atoms with van der Waals surface area (Å²) in [4.78, 5) is 21.6. The SMILES string of the molecule is O=P(O)(O)O.O=S(O)S(=O)O. The Morgan fingerprint density at radius 1 is 0.909 bits per heavy atom. The van der Waals surface area contributed by atoms with Crippen LogP contribution in [-0.4, -0.2) is 32.2 Å². The van der Waals surface area contributed by atoms with Crippen molar-refractivity contribution < 1.29 is 36.8 Å². The average molecular weight is 228 g/mol. The van der Waals surface area contributed by atoms with Gasteiger partial charge in [-0.3, -0.25) is 9.11 Å². The highest BCUT2D eigenvalue weighted by atomic mass is 33.2. The Hall–Kier alpha value is 0.330. The Kier molecular flexibility index (Phi) is 7.47. The van der Waals surface area contributed by atoms with E-state index in [0.29, 0.717) is 0 Å². The van der Waals surface area contributed by atoms with Gasteiger partial charge in [0.15, 0.2) is 0 Å². The number of rotatable bonds is 1. The first-order valence-corrected chi connectivity index (χ1v) is 5.94. The molecular formula is H5O8PS2. The minimum absolute atomic E-state index is 2.59. The summed E-state index contributed by atoms with van der Waals surface area (Å²) in [5.41, 5.74) is 0. The van der Waals surface area contributed by atoms with E-state index in [2.05, 4.69) is 0 Å². The molecule has 70 valence electrons. The lowest BCUT2D eigenvalue weighted by Crippen LogP contribution is -1.93. The van der Waals surface area contributed by atoms with E-state index in [0.717, 1.165) is 0 Å². The van der Waals surface area contributed by atoms with E-state index < -0.39 is 28.0 Å². The molecule has 8 nitrogen and oxygen atoms in total. The first-order valence-electron chi connectivity index (χ1n) is 1.65. The van der Waals surface area contributed by atoms with Gasteiger partial charge in [0.05, 0.1) is 0 Å². The van der Waals surface area contributed by atoms with Crippen LogP contribution in [0.5, 0.6) is 0 Å². The first kappa shape index (κ1) is 13.9. The summed E-state index contributed by atoms with van der Waals surface area (Å²) >= 11 is 0. The first-order chi connectivity index (χ1) is 4.64. The Morgan fingerprint density at radius 2 is 1.00 bits per heavy atom. The fraction of sp³-hybridized carbons (Fsp3) is 0. The van der Waals surface area contributed by atoms with Crippen molar-refractivity contribution in [3.05, 3.63) is 0 Å². The van der Waals surface area contributed by atoms with E-state index >= 15 is 0 Å². The van der Waals surface area contributed by atoms with Gasteiger partial charge in [-0.25, -0.2) is 13.0 Å². The van der Waals surface area contributed by atoms with Crippen molar-refractivity contribution in [2.24, 2.45) is 0 Å². The summed E-state index contributed by atoms with van der Waals surface area (Å²) < 4.78 is 42.5. The third-order valence-electron chi connectivity index (χ3n) is 0.122. The third-order valence-corrected chi connectivity index (χ3v) is 1.10. The molecule has 5 N–H and O–H groups in total. The fourth-order valence-electron chi connectivity index (χ4n) is 0. The normalized spacial score (nSPS) is 16.1. The van der Waals surface area contributed by atoms with Crippen LogP contribution in [0.25, 0.3) is 0 Å². The van der Waals surface area contributed by atoms with Gasteiger partial charge in [-0.1, -0.05) is 0 Å². The largest absolute Gasteiger partial charge is 0.466 e. The van der Waals surface area contributed by atoms with Crippen molar-refractivity contribution >= 4 is 28.0 Å². The van der Waals surface area contributed by atoms with Crippen LogP contribution >= 0.6 is 7.82 Å². The number of hydrogen-bond acceptors (Lipinski definition) is 3. The summed E-state index contributed by atoms with van der Waals surface area (Å²) in [6.45, 7) is 0. The third kappa shape index (κ3) is 38.2. The lowest BCUT2D eigenvalue weighted by molar-refractivity contribution is 0.275. The summed E-state index contributed by atoms with van der Waals surface area (Å²) in [7, 11) is -9.82. The highest BCUT2D eigenvalue weighted by Crippen LogP contribution is 2.25. The van der Waals surface area contributed by atoms with Gasteiger partial charge >= 0.3 is 7.82 Å². The molecule has 11 heavy (non-hydrogen) atoms. The highest BCUT2D eigenvalue weighted by molar-refractivity contribution is 8.56. The molecule has 0 saturated carbocycles. The van der Waals surface area contributed by atoms with Gasteiger partial charge in [0.25, 0.3) is 20.2 Å². The lowest BCUT2D eigenvalue weighted by atomic mass is 15.8. The van der Waals surface area contributed by atoms with Crippen LogP contribution in [0.4, 0.5) is 0 Å². The molecule has 0 aliphatic carbocycles. The van der Waals surface area contributed by atoms with Gasteiger partial charge in [-0.15, -0.1) is 0 Å². The number of phosphoric acid groups is 1. The Morgan fingerprint density at radius 3 is 1.00 bits per heavy atom. The molecule has 0 aromatic heterocycles. The van der Waals surface area contributed by atoms with Crippen molar-refractivity contribution in [3.8, 4) is 0 Å². The Balaban J connectivity index is 0. The smallest absolute Gasteiger partial charge is 0.303 e. The Bertz CT molecular complexity index is 168. The van der Waals surface area contributed by atoms with Gasteiger partial charge in [-0.2, -0.15) is 0 Å². The second kappa shape index (κ2) is 5.91. The van der Waals surface area contributed by atoms with E-state index in [4.69, 9.17) is 28.4 Å². The molecule has 0 rings (SSSR count). The van der Waals surface area contributed by atoms with Crippen molar-refractivity contribution in [3.63, 3.8) is 0 Å². The lowest BCUT2D eigenvalue weighted by Gasteiger charge is -1.82. The maximum absolute atomic E-state index is 9.26. The molecule has 0 heterocycles. The van der Waals surface area contributed by atoms with Gasteiger partial charge in [-0.05, 0) is 0 Å². The molecule has 2 atom stereocenters. The predicted molar refractivity (Wildman–Crippen MR) is 35.8 cm³/mol. The van der Waals surface area contributed by atoms with E-state index in [1.165, 1.54) is 0 Å². The molecule has 0 aliphatic heterocycles. The summed E-state index contributed by atoms with van der Waals surface area (Å²) in [5, 5.41) is 0. The van der Waals surface area contributed by atoms with Crippen LogP contribution in [0.2, 0.25) is 0 Å². The molecule has 0 bridgehead atoms. The van der Waals surface area contributed by atoms with Crippen molar-refractivity contribution in [1.82, 2.24) is 0 Å². The summed E-state index contributed by atoms with van der Waals surface area (Å²) in [6, 6.07) is 0. The second-order valence-electron chi connectivity index (χ2n) is 0.948. The molecule has 0 spiro atoms. The van der Waals surface area contributed by atoms with Crippen LogP contribution < -0.4 is 0 Å². The van der Waals surface area contributed by atoms with Gasteiger partial charge in [0.1, 0.15) is 0 Å². The highest BCUT2D eigenvalue weighted by Gasteiger charge is 2.00. The quantitative estimate of drug-likeness (QED) is 0.204. The van der Waals surface area contributed by atoms with Crippen LogP contribution in [0.15, 0.2) is 0 Å². The molecule has 0 aromatic carbocycles. The molecule has 0 amide bonds. The Labute approximate surface area is 65.5 Å². The standard InChI is InChI=1S/H3O4P.H2O4S2/c1-5(2,3)4;1-5(2)6(3)4/h(H3,1,2,3,4);(H,1,2)(H,3,4). The fourth-order valence-corrected chi connectivity index (χ4v) is 0. The zero-order valence-corrected chi connectivity index (χ0v) is 7.25. The summed E-state index contributed by atoms with van der Waals surface area (Å²) in [6.07, 6.45) is 0. The average Bonchev–Trinajstić information content (AvgIpc) is 1.59. The van der Waals surface area contributed by atoms with E-state index in [1.54, 1.807) is 0 Å². The van der Waals surface area contributed by atoms with Crippen LogP contribution in [0, 0.1) is 0 Å². The van der Waals surface area contributed by atoms with Crippen LogP contribution in [-0.2, 0) is 24.8 Å². The van der Waals surface area contributed by atoms with E-state index in [9.17, 15) is 8.42 Å². The topological polar surface area (TPSA) is 152 Å². The van der Waals surface area contributed by atoms with E-state index in [1.807, 2.05) is 0 Å². The molecular weight excluding hydrogens is 223 g/mol. The molecule has 0 aliphatic rings. The molecule has 0 fully saturated rings. The van der Waals surface area contributed by atoms with Crippen LogP contribution in [0.1, 0.15) is 0 Å². The van der Waals surface area contributed by atoms with Crippen molar-refractivity contribution in [2.75, 3.05) is 0 Å². The maximum Gasteiger partial charge on any atom is 0.466 e. The van der Waals surface area contributed by atoms with Crippen molar-refractivity contribution in [1.29, 1.82) is 0 Å². The molecule has 0 saturated heterocycles. The number of hydrogen-bond donors (Lipinski definition) is 5. The maximum atomic E-state index is 9.26. The van der Waals surface area contributed by atoms with Gasteiger partial charge < -0.3 is 14.7 Å². The molecule has 11 heteroatoms. The van der Waals surface area contributed by atoms with Crippen LogP contribution in [0.3, 0.4) is 0 Å². The van der Waals surface area contributed by atoms with Crippen molar-refractivity contribution in [2.45, 2.75) is 0 Å². The second-order valence-corrected chi connectivity index (χ2v) is 4.55. The molecule has 0 radical (unpaired) electrons. The summed E-state index contributed by atoms with van der Waals surface area (Å²) in [5.74, 6) is 0. The predicted octanol–water partition coefficient (Wildman–Crippen LogP) is -1.58. The zero-order valence-electron chi connectivity index (χ0n) is 4.72. The minimum Gasteiger partial charge on any atom is -0.303 e. The molecule has 2 unspecified atom stereocenters. The monoisotopic (exact) mass is 228 g/mol.